The average molecular weight is 462 g/mol. The van der Waals surface area contributed by atoms with Gasteiger partial charge in [-0.2, -0.15) is 10.1 Å². The Balaban J connectivity index is 1.81. The topological polar surface area (TPSA) is 126 Å². The molecule has 5 heterocycles. The molecule has 0 radical (unpaired) electrons. The third-order valence-electron chi connectivity index (χ3n) is 6.22. The summed E-state index contributed by atoms with van der Waals surface area (Å²) >= 11 is 0. The number of rotatable bonds is 5. The highest BCUT2D eigenvalue weighted by Crippen LogP contribution is 2.36. The molecule has 4 aromatic rings. The molecule has 0 bridgehead atoms. The van der Waals surface area contributed by atoms with Crippen molar-refractivity contribution in [2.24, 2.45) is 17.8 Å². The summed E-state index contributed by atoms with van der Waals surface area (Å²) in [5, 5.41) is 4.24. The van der Waals surface area contributed by atoms with E-state index in [1.54, 1.807) is 40.9 Å². The molecule has 176 valence electrons. The first-order valence-corrected chi connectivity index (χ1v) is 11.3. The van der Waals surface area contributed by atoms with Crippen LogP contribution in [0.2, 0.25) is 0 Å². The Labute approximate surface area is 195 Å². The van der Waals surface area contributed by atoms with Gasteiger partial charge in [-0.05, 0) is 37.5 Å². The standard InChI is InChI=1S/C24H27N7O3/c1-4-16-11-15(8-10-33-16)31-22-21-19(6-5-18(28-21)17(25)7-9-26-2)34-23(22)20(29-24(31)32)14-12-27-30(3)13-14/h5-7,9,12-13,15-16H,4,8,10-11,25H2,1-3H3/t15-,16-/m0/s1. The summed E-state index contributed by atoms with van der Waals surface area (Å²) in [6.07, 6.45) is 9.19. The molecule has 34 heavy (non-hydrogen) atoms. The Bertz CT molecular complexity index is 1480. The second kappa shape index (κ2) is 8.86. The highest BCUT2D eigenvalue weighted by Gasteiger charge is 2.29. The molecule has 4 aromatic heterocycles. The Morgan fingerprint density at radius 3 is 2.94 bits per heavy atom. The number of nitrogens with zero attached hydrogens (tertiary/aromatic N) is 6. The number of allylic oxidation sites excluding steroid dienone is 1. The van der Waals surface area contributed by atoms with E-state index in [1.807, 2.05) is 19.3 Å². The molecule has 0 unspecified atom stereocenters. The van der Waals surface area contributed by atoms with Crippen molar-refractivity contribution >= 4 is 34.1 Å². The Hall–Kier alpha value is -3.79. The van der Waals surface area contributed by atoms with Gasteiger partial charge in [0.05, 0.1) is 23.7 Å². The molecule has 10 heteroatoms. The van der Waals surface area contributed by atoms with Gasteiger partial charge in [0.15, 0.2) is 11.2 Å². The van der Waals surface area contributed by atoms with Gasteiger partial charge in [-0.15, -0.1) is 0 Å². The highest BCUT2D eigenvalue weighted by molar-refractivity contribution is 6.05. The predicted octanol–water partition coefficient (Wildman–Crippen LogP) is 3.07. The zero-order chi connectivity index (χ0) is 23.8. The molecule has 0 aromatic carbocycles. The Morgan fingerprint density at radius 1 is 1.35 bits per heavy atom. The Kier molecular flexibility index (Phi) is 5.74. The van der Waals surface area contributed by atoms with E-state index >= 15 is 0 Å². The first-order chi connectivity index (χ1) is 16.5. The van der Waals surface area contributed by atoms with Crippen molar-refractivity contribution in [3.8, 4) is 11.3 Å². The van der Waals surface area contributed by atoms with E-state index in [-0.39, 0.29) is 17.8 Å². The van der Waals surface area contributed by atoms with Crippen molar-refractivity contribution in [3.63, 3.8) is 0 Å². The molecule has 2 N–H and O–H groups in total. The van der Waals surface area contributed by atoms with Gasteiger partial charge >= 0.3 is 5.69 Å². The van der Waals surface area contributed by atoms with E-state index in [2.05, 4.69) is 22.0 Å². The third-order valence-corrected chi connectivity index (χ3v) is 6.22. The third kappa shape index (κ3) is 3.79. The molecule has 1 aliphatic rings. The fourth-order valence-corrected chi connectivity index (χ4v) is 4.50. The maximum Gasteiger partial charge on any atom is 0.349 e. The van der Waals surface area contributed by atoms with Gasteiger partial charge in [0.2, 0.25) is 0 Å². The van der Waals surface area contributed by atoms with Crippen LogP contribution < -0.4 is 11.4 Å². The first kappa shape index (κ1) is 22.0. The minimum Gasteiger partial charge on any atom is -0.450 e. The summed E-state index contributed by atoms with van der Waals surface area (Å²) < 4.78 is 15.5. The normalized spacial score (nSPS) is 19.6. The monoisotopic (exact) mass is 461 g/mol. The number of nitrogens with two attached hydrogens (primary N) is 1. The minimum absolute atomic E-state index is 0.0736. The minimum atomic E-state index is -0.343. The van der Waals surface area contributed by atoms with Crippen LogP contribution in [0.3, 0.4) is 0 Å². The number of ether oxygens (including phenoxy) is 1. The molecule has 0 aliphatic carbocycles. The van der Waals surface area contributed by atoms with Gasteiger partial charge in [0, 0.05) is 44.7 Å². The van der Waals surface area contributed by atoms with Gasteiger partial charge in [-0.3, -0.25) is 14.2 Å². The quantitative estimate of drug-likeness (QED) is 0.453. The molecule has 1 fully saturated rings. The fraction of sp³-hybridized carbons (Fsp3) is 0.375. The number of hydrogen-bond acceptors (Lipinski definition) is 8. The second-order valence-electron chi connectivity index (χ2n) is 8.45. The molecular formula is C24H27N7O3. The molecule has 10 nitrogen and oxygen atoms in total. The lowest BCUT2D eigenvalue weighted by molar-refractivity contribution is -0.00710. The lowest BCUT2D eigenvalue weighted by atomic mass is 10.0. The summed E-state index contributed by atoms with van der Waals surface area (Å²) in [7, 11) is 3.49. The molecule has 0 amide bonds. The number of furan rings is 1. The van der Waals surface area contributed by atoms with Crippen LogP contribution in [0.1, 0.15) is 37.9 Å². The number of aliphatic imine (C=N–C) groups is 1. The van der Waals surface area contributed by atoms with Crippen LogP contribution in [0.15, 0.2) is 44.8 Å². The van der Waals surface area contributed by atoms with Crippen molar-refractivity contribution in [2.75, 3.05) is 13.7 Å². The summed E-state index contributed by atoms with van der Waals surface area (Å²) in [5.74, 6) is 0. The van der Waals surface area contributed by atoms with Gasteiger partial charge in [-0.25, -0.2) is 9.78 Å². The van der Waals surface area contributed by atoms with Gasteiger partial charge in [0.1, 0.15) is 16.7 Å². The number of aromatic nitrogens is 5. The number of hydrogen-bond donors (Lipinski definition) is 1. The summed E-state index contributed by atoms with van der Waals surface area (Å²) in [6.45, 7) is 2.67. The number of fused-ring (bicyclic) bond motifs is 3. The van der Waals surface area contributed by atoms with E-state index in [9.17, 15) is 4.79 Å². The molecular weight excluding hydrogens is 434 g/mol. The van der Waals surface area contributed by atoms with Crippen LogP contribution >= 0.6 is 0 Å². The summed E-state index contributed by atoms with van der Waals surface area (Å²) in [4.78, 5) is 26.7. The van der Waals surface area contributed by atoms with E-state index in [4.69, 9.17) is 19.9 Å². The second-order valence-corrected chi connectivity index (χ2v) is 8.45. The molecule has 5 rings (SSSR count). The highest BCUT2D eigenvalue weighted by atomic mass is 16.5. The maximum absolute atomic E-state index is 13.5. The molecule has 1 saturated heterocycles. The first-order valence-electron chi connectivity index (χ1n) is 11.3. The van der Waals surface area contributed by atoms with Crippen molar-refractivity contribution in [3.05, 3.63) is 46.8 Å². The fourth-order valence-electron chi connectivity index (χ4n) is 4.50. The van der Waals surface area contributed by atoms with E-state index < -0.39 is 0 Å². The van der Waals surface area contributed by atoms with Crippen LogP contribution in [-0.4, -0.2) is 50.3 Å². The van der Waals surface area contributed by atoms with E-state index in [1.165, 1.54) is 0 Å². The van der Waals surface area contributed by atoms with Crippen LogP contribution in [-0.2, 0) is 11.8 Å². The zero-order valence-electron chi connectivity index (χ0n) is 19.4. The van der Waals surface area contributed by atoms with Crippen molar-refractivity contribution in [2.45, 2.75) is 38.3 Å². The Morgan fingerprint density at radius 2 is 2.21 bits per heavy atom. The largest absolute Gasteiger partial charge is 0.450 e. The summed E-state index contributed by atoms with van der Waals surface area (Å²) in [6, 6.07) is 3.54. The molecule has 1 aliphatic heterocycles. The number of aryl methyl sites for hydroxylation is 1. The molecule has 2 atom stereocenters. The van der Waals surface area contributed by atoms with Crippen LogP contribution in [0.4, 0.5) is 0 Å². The zero-order valence-corrected chi connectivity index (χ0v) is 19.4. The molecule has 0 spiro atoms. The van der Waals surface area contributed by atoms with Crippen LogP contribution in [0.25, 0.3) is 39.2 Å². The lowest BCUT2D eigenvalue weighted by Crippen LogP contribution is -2.34. The molecule has 0 saturated carbocycles. The van der Waals surface area contributed by atoms with Gasteiger partial charge in [0.25, 0.3) is 0 Å². The van der Waals surface area contributed by atoms with Crippen molar-refractivity contribution < 1.29 is 9.15 Å². The average Bonchev–Trinajstić information content (AvgIpc) is 3.45. The predicted molar refractivity (Wildman–Crippen MR) is 131 cm³/mol. The lowest BCUT2D eigenvalue weighted by Gasteiger charge is -2.30. The van der Waals surface area contributed by atoms with Gasteiger partial charge < -0.3 is 14.9 Å². The maximum atomic E-state index is 13.5. The van der Waals surface area contributed by atoms with Crippen LogP contribution in [0, 0.1) is 0 Å². The van der Waals surface area contributed by atoms with Crippen molar-refractivity contribution in [1.29, 1.82) is 0 Å². The summed E-state index contributed by atoms with van der Waals surface area (Å²) in [5.41, 5.74) is 10.3. The van der Waals surface area contributed by atoms with E-state index in [0.29, 0.717) is 57.9 Å². The number of pyridine rings is 1. The van der Waals surface area contributed by atoms with Gasteiger partial charge in [-0.1, -0.05) is 6.92 Å². The van der Waals surface area contributed by atoms with Crippen LogP contribution in [0.5, 0.6) is 0 Å². The van der Waals surface area contributed by atoms with E-state index in [0.717, 1.165) is 12.8 Å². The smallest absolute Gasteiger partial charge is 0.349 e. The SMILES string of the molecule is CC[C@H]1C[C@@H](n2c(=O)nc(-c3cnn(C)c3)c3oc4ccc(C(N)=CC=NC)nc4c32)CCO1. The van der Waals surface area contributed by atoms with Crippen molar-refractivity contribution in [1.82, 2.24) is 24.3 Å².